The van der Waals surface area contributed by atoms with Crippen LogP contribution in [-0.4, -0.2) is 42.1 Å². The third-order valence-electron chi connectivity index (χ3n) is 2.43. The topological polar surface area (TPSA) is 81.7 Å². The lowest BCUT2D eigenvalue weighted by atomic mass is 10.1. The van der Waals surface area contributed by atoms with E-state index in [1.165, 1.54) is 5.01 Å². The first-order valence-electron chi connectivity index (χ1n) is 5.96. The second-order valence-electron chi connectivity index (χ2n) is 4.39. The minimum atomic E-state index is -1.04. The van der Waals surface area contributed by atoms with E-state index in [1.807, 2.05) is 30.3 Å². The van der Waals surface area contributed by atoms with E-state index in [0.29, 0.717) is 6.54 Å². The van der Waals surface area contributed by atoms with Crippen LogP contribution in [0.2, 0.25) is 0 Å². The summed E-state index contributed by atoms with van der Waals surface area (Å²) < 4.78 is 0. The van der Waals surface area contributed by atoms with Gasteiger partial charge >= 0.3 is 5.97 Å². The van der Waals surface area contributed by atoms with Crippen LogP contribution < -0.4 is 10.7 Å². The van der Waals surface area contributed by atoms with E-state index < -0.39 is 12.0 Å². The zero-order valence-corrected chi connectivity index (χ0v) is 11.1. The monoisotopic (exact) mass is 265 g/mol. The Hall–Kier alpha value is -1.92. The summed E-state index contributed by atoms with van der Waals surface area (Å²) in [6, 6.07) is 8.54. The molecule has 6 nitrogen and oxygen atoms in total. The summed E-state index contributed by atoms with van der Waals surface area (Å²) in [5, 5.41) is 13.4. The first-order chi connectivity index (χ1) is 8.99. The molecule has 1 aromatic rings. The summed E-state index contributed by atoms with van der Waals surface area (Å²) in [6.45, 7) is 0.410. The predicted molar refractivity (Wildman–Crippen MR) is 71.2 cm³/mol. The molecule has 0 spiro atoms. The molecule has 6 heteroatoms. The van der Waals surface area contributed by atoms with Gasteiger partial charge in [0.1, 0.15) is 6.04 Å². The van der Waals surface area contributed by atoms with Gasteiger partial charge in [0.05, 0.1) is 6.42 Å². The van der Waals surface area contributed by atoms with Gasteiger partial charge in [-0.2, -0.15) is 0 Å². The van der Waals surface area contributed by atoms with E-state index in [9.17, 15) is 9.59 Å². The van der Waals surface area contributed by atoms with Gasteiger partial charge < -0.3 is 5.11 Å². The van der Waals surface area contributed by atoms with Gasteiger partial charge in [-0.05, 0) is 5.56 Å². The summed E-state index contributed by atoms with van der Waals surface area (Å²) >= 11 is 0. The van der Waals surface area contributed by atoms with Crippen molar-refractivity contribution in [2.75, 3.05) is 14.1 Å². The standard InChI is InChI=1S/C13H19N3O3/c1-16(2)15-12(17)8-11(13(18)19)14-9-10-6-4-3-5-7-10/h3-7,11,14H,8-9H2,1-2H3,(H,15,17)(H,18,19)/t11-/m0/s1. The normalized spacial score (nSPS) is 12.2. The maximum absolute atomic E-state index is 11.5. The van der Waals surface area contributed by atoms with Crippen LogP contribution in [-0.2, 0) is 16.1 Å². The molecule has 104 valence electrons. The van der Waals surface area contributed by atoms with Crippen molar-refractivity contribution in [2.45, 2.75) is 19.0 Å². The minimum Gasteiger partial charge on any atom is -0.480 e. The van der Waals surface area contributed by atoms with Gasteiger partial charge in [-0.15, -0.1) is 0 Å². The number of carbonyl (C=O) groups excluding carboxylic acids is 1. The predicted octanol–water partition coefficient (Wildman–Crippen LogP) is 0.212. The van der Waals surface area contributed by atoms with Crippen molar-refractivity contribution in [3.63, 3.8) is 0 Å². The van der Waals surface area contributed by atoms with Crippen molar-refractivity contribution >= 4 is 11.9 Å². The highest BCUT2D eigenvalue weighted by molar-refractivity contribution is 5.84. The molecule has 0 aliphatic carbocycles. The Bertz CT molecular complexity index is 420. The lowest BCUT2D eigenvalue weighted by Crippen LogP contribution is -2.44. The number of carboxylic acids is 1. The number of rotatable bonds is 7. The maximum Gasteiger partial charge on any atom is 0.321 e. The number of benzene rings is 1. The molecule has 19 heavy (non-hydrogen) atoms. The Kier molecular flexibility index (Phi) is 5.98. The van der Waals surface area contributed by atoms with Crippen LogP contribution in [0, 0.1) is 0 Å². The van der Waals surface area contributed by atoms with Crippen LogP contribution >= 0.6 is 0 Å². The molecule has 1 atom stereocenters. The van der Waals surface area contributed by atoms with Gasteiger partial charge in [0.15, 0.2) is 0 Å². The molecule has 1 aromatic carbocycles. The minimum absolute atomic E-state index is 0.111. The quantitative estimate of drug-likeness (QED) is 0.614. The fraction of sp³-hybridized carbons (Fsp3) is 0.385. The van der Waals surface area contributed by atoms with Crippen molar-refractivity contribution in [3.8, 4) is 0 Å². The maximum atomic E-state index is 11.5. The zero-order valence-electron chi connectivity index (χ0n) is 11.1. The fourth-order valence-electron chi connectivity index (χ4n) is 1.56. The van der Waals surface area contributed by atoms with E-state index in [-0.39, 0.29) is 12.3 Å². The van der Waals surface area contributed by atoms with Gasteiger partial charge in [-0.3, -0.25) is 20.3 Å². The number of nitrogens with zero attached hydrogens (tertiary/aromatic N) is 1. The molecule has 0 saturated carbocycles. The average Bonchev–Trinajstić information content (AvgIpc) is 2.34. The number of hydrazine groups is 1. The van der Waals surface area contributed by atoms with E-state index in [2.05, 4.69) is 10.7 Å². The van der Waals surface area contributed by atoms with Crippen molar-refractivity contribution in [1.82, 2.24) is 15.8 Å². The Labute approximate surface area is 112 Å². The van der Waals surface area contributed by atoms with Crippen molar-refractivity contribution < 1.29 is 14.7 Å². The van der Waals surface area contributed by atoms with Crippen LogP contribution in [0.3, 0.4) is 0 Å². The Morgan fingerprint density at radius 3 is 2.42 bits per heavy atom. The second-order valence-corrected chi connectivity index (χ2v) is 4.39. The number of hydrogen-bond donors (Lipinski definition) is 3. The van der Waals surface area contributed by atoms with Crippen LogP contribution in [0.15, 0.2) is 30.3 Å². The van der Waals surface area contributed by atoms with E-state index >= 15 is 0 Å². The summed E-state index contributed by atoms with van der Waals surface area (Å²) in [4.78, 5) is 22.6. The van der Waals surface area contributed by atoms with Crippen LogP contribution in [0.4, 0.5) is 0 Å². The van der Waals surface area contributed by atoms with Gasteiger partial charge in [-0.25, -0.2) is 5.01 Å². The number of hydrogen-bond acceptors (Lipinski definition) is 4. The molecule has 0 aliphatic rings. The summed E-state index contributed by atoms with van der Waals surface area (Å²) in [6.07, 6.45) is -0.111. The smallest absolute Gasteiger partial charge is 0.321 e. The second kappa shape index (κ2) is 7.50. The van der Waals surface area contributed by atoms with E-state index in [0.717, 1.165) is 5.56 Å². The molecule has 0 saturated heterocycles. The van der Waals surface area contributed by atoms with E-state index in [1.54, 1.807) is 14.1 Å². The molecule has 0 heterocycles. The molecule has 1 rings (SSSR count). The number of aliphatic carboxylic acids is 1. The SMILES string of the molecule is CN(C)NC(=O)C[C@H](NCc1ccccc1)C(=O)O. The first-order valence-corrected chi connectivity index (χ1v) is 5.96. The Morgan fingerprint density at radius 1 is 1.26 bits per heavy atom. The van der Waals surface area contributed by atoms with Crippen molar-refractivity contribution in [3.05, 3.63) is 35.9 Å². The number of amides is 1. The molecule has 0 aromatic heterocycles. The summed E-state index contributed by atoms with van der Waals surface area (Å²) in [5.74, 6) is -1.37. The molecule has 0 unspecified atom stereocenters. The molecule has 3 N–H and O–H groups in total. The highest BCUT2D eigenvalue weighted by Crippen LogP contribution is 2.00. The van der Waals surface area contributed by atoms with Crippen LogP contribution in [0.25, 0.3) is 0 Å². The molecular weight excluding hydrogens is 246 g/mol. The third-order valence-corrected chi connectivity index (χ3v) is 2.43. The number of nitrogens with one attached hydrogen (secondary N) is 2. The number of carbonyl (C=O) groups is 2. The summed E-state index contributed by atoms with van der Waals surface area (Å²) in [5.41, 5.74) is 3.49. The van der Waals surface area contributed by atoms with E-state index in [4.69, 9.17) is 5.11 Å². The molecule has 0 aliphatic heterocycles. The van der Waals surface area contributed by atoms with Crippen LogP contribution in [0.5, 0.6) is 0 Å². The summed E-state index contributed by atoms with van der Waals surface area (Å²) in [7, 11) is 3.34. The largest absolute Gasteiger partial charge is 0.480 e. The Balaban J connectivity index is 2.49. The van der Waals surface area contributed by atoms with Crippen LogP contribution in [0.1, 0.15) is 12.0 Å². The van der Waals surface area contributed by atoms with Crippen molar-refractivity contribution in [1.29, 1.82) is 0 Å². The Morgan fingerprint density at radius 2 is 1.89 bits per heavy atom. The molecule has 0 bridgehead atoms. The fourth-order valence-corrected chi connectivity index (χ4v) is 1.56. The molecule has 0 radical (unpaired) electrons. The lowest BCUT2D eigenvalue weighted by molar-refractivity contribution is -0.142. The molecule has 1 amide bonds. The van der Waals surface area contributed by atoms with Gasteiger partial charge in [0, 0.05) is 20.6 Å². The average molecular weight is 265 g/mol. The highest BCUT2D eigenvalue weighted by Gasteiger charge is 2.20. The first kappa shape index (κ1) is 15.1. The molecule has 0 fully saturated rings. The van der Waals surface area contributed by atoms with Crippen molar-refractivity contribution in [2.24, 2.45) is 0 Å². The number of carboxylic acid groups (broad SMARTS) is 1. The zero-order chi connectivity index (χ0) is 14.3. The lowest BCUT2D eigenvalue weighted by Gasteiger charge is -2.16. The third kappa shape index (κ3) is 5.98. The van der Waals surface area contributed by atoms with Gasteiger partial charge in [0.2, 0.25) is 5.91 Å². The highest BCUT2D eigenvalue weighted by atomic mass is 16.4. The molecular formula is C13H19N3O3. The van der Waals surface area contributed by atoms with Gasteiger partial charge in [0.25, 0.3) is 0 Å². The van der Waals surface area contributed by atoms with Gasteiger partial charge in [-0.1, -0.05) is 30.3 Å².